The Balaban J connectivity index is 1.76. The van der Waals surface area contributed by atoms with Crippen LogP contribution in [0.4, 0.5) is 5.69 Å². The molecule has 2 aromatic carbocycles. The molecule has 0 aliphatic heterocycles. The summed E-state index contributed by atoms with van der Waals surface area (Å²) in [6, 6.07) is 14.0. The SMILES string of the molecule is Cc1ccc(-n2nnnc2SC(C)C(=O)Nc2ccccc2C(C)C)c(C)c1. The second-order valence-electron chi connectivity index (χ2n) is 7.15. The summed E-state index contributed by atoms with van der Waals surface area (Å²) in [7, 11) is 0. The number of aromatic nitrogens is 4. The van der Waals surface area contributed by atoms with E-state index in [0.29, 0.717) is 11.1 Å². The summed E-state index contributed by atoms with van der Waals surface area (Å²) in [5.74, 6) is 0.254. The fraction of sp³-hybridized carbons (Fsp3) is 0.333. The summed E-state index contributed by atoms with van der Waals surface area (Å²) in [6.45, 7) is 10.2. The first-order chi connectivity index (χ1) is 13.4. The molecule has 0 fully saturated rings. The van der Waals surface area contributed by atoms with Gasteiger partial charge in [-0.2, -0.15) is 4.68 Å². The van der Waals surface area contributed by atoms with Gasteiger partial charge in [-0.3, -0.25) is 4.79 Å². The van der Waals surface area contributed by atoms with Gasteiger partial charge in [0.25, 0.3) is 0 Å². The summed E-state index contributed by atoms with van der Waals surface area (Å²) >= 11 is 1.34. The van der Waals surface area contributed by atoms with Crippen LogP contribution in [0.5, 0.6) is 0 Å². The van der Waals surface area contributed by atoms with E-state index in [4.69, 9.17) is 0 Å². The van der Waals surface area contributed by atoms with Crippen LogP contribution < -0.4 is 5.32 Å². The van der Waals surface area contributed by atoms with Crippen LogP contribution in [0.15, 0.2) is 47.6 Å². The number of anilines is 1. The minimum atomic E-state index is -0.351. The maximum atomic E-state index is 12.8. The third kappa shape index (κ3) is 4.42. The summed E-state index contributed by atoms with van der Waals surface area (Å²) in [6.07, 6.45) is 0. The van der Waals surface area contributed by atoms with Crippen molar-refractivity contribution in [2.24, 2.45) is 0 Å². The Morgan fingerprint density at radius 3 is 2.57 bits per heavy atom. The first-order valence-electron chi connectivity index (χ1n) is 9.29. The van der Waals surface area contributed by atoms with Gasteiger partial charge in [0, 0.05) is 5.69 Å². The minimum Gasteiger partial charge on any atom is -0.325 e. The number of hydrogen-bond donors (Lipinski definition) is 1. The third-order valence-electron chi connectivity index (χ3n) is 4.51. The molecule has 1 aromatic heterocycles. The topological polar surface area (TPSA) is 72.7 Å². The highest BCUT2D eigenvalue weighted by Crippen LogP contribution is 2.27. The molecule has 0 bridgehead atoms. The van der Waals surface area contributed by atoms with E-state index >= 15 is 0 Å². The van der Waals surface area contributed by atoms with Crippen molar-refractivity contribution >= 4 is 23.4 Å². The monoisotopic (exact) mass is 395 g/mol. The number of para-hydroxylation sites is 1. The predicted octanol–water partition coefficient (Wildman–Crippen LogP) is 4.52. The van der Waals surface area contributed by atoms with E-state index in [0.717, 1.165) is 22.5 Å². The van der Waals surface area contributed by atoms with Crippen LogP contribution in [0.25, 0.3) is 5.69 Å². The molecule has 1 heterocycles. The van der Waals surface area contributed by atoms with E-state index < -0.39 is 0 Å². The van der Waals surface area contributed by atoms with Gasteiger partial charge in [-0.15, -0.1) is 5.10 Å². The molecule has 0 radical (unpaired) electrons. The quantitative estimate of drug-likeness (QED) is 0.621. The number of benzene rings is 2. The lowest BCUT2D eigenvalue weighted by molar-refractivity contribution is -0.115. The Hall–Kier alpha value is -2.67. The van der Waals surface area contributed by atoms with Crippen LogP contribution in [-0.2, 0) is 4.79 Å². The van der Waals surface area contributed by atoms with Crippen LogP contribution in [0.3, 0.4) is 0 Å². The van der Waals surface area contributed by atoms with Gasteiger partial charge in [0.2, 0.25) is 11.1 Å². The molecular weight excluding hydrogens is 370 g/mol. The van der Waals surface area contributed by atoms with Crippen LogP contribution in [0, 0.1) is 13.8 Å². The van der Waals surface area contributed by atoms with Crippen LogP contribution in [-0.4, -0.2) is 31.4 Å². The molecule has 7 heteroatoms. The molecule has 0 aliphatic rings. The number of aryl methyl sites for hydroxylation is 2. The van der Waals surface area contributed by atoms with Gasteiger partial charge in [-0.25, -0.2) is 0 Å². The summed E-state index contributed by atoms with van der Waals surface area (Å²) < 4.78 is 1.69. The average Bonchev–Trinajstić information content (AvgIpc) is 3.09. The molecule has 0 saturated heterocycles. The first-order valence-corrected chi connectivity index (χ1v) is 10.2. The Morgan fingerprint density at radius 2 is 1.86 bits per heavy atom. The number of thioether (sulfide) groups is 1. The Morgan fingerprint density at radius 1 is 1.11 bits per heavy atom. The van der Waals surface area contributed by atoms with Crippen molar-refractivity contribution in [1.82, 2.24) is 20.2 Å². The van der Waals surface area contributed by atoms with E-state index in [-0.39, 0.29) is 11.2 Å². The maximum absolute atomic E-state index is 12.8. The molecule has 0 spiro atoms. The van der Waals surface area contributed by atoms with Crippen molar-refractivity contribution in [2.75, 3.05) is 5.32 Å². The number of carbonyl (C=O) groups excluding carboxylic acids is 1. The van der Waals surface area contributed by atoms with Crippen molar-refractivity contribution in [2.45, 2.75) is 50.9 Å². The predicted molar refractivity (Wildman–Crippen MR) is 113 cm³/mol. The van der Waals surface area contributed by atoms with Crippen LogP contribution in [0.1, 0.15) is 43.4 Å². The summed E-state index contributed by atoms with van der Waals surface area (Å²) in [5, 5.41) is 15.3. The van der Waals surface area contributed by atoms with E-state index in [1.165, 1.54) is 17.3 Å². The molecule has 28 heavy (non-hydrogen) atoms. The van der Waals surface area contributed by atoms with Gasteiger partial charge in [0.05, 0.1) is 10.9 Å². The van der Waals surface area contributed by atoms with Crippen molar-refractivity contribution in [3.05, 3.63) is 59.2 Å². The second kappa shape index (κ2) is 8.56. The number of tetrazole rings is 1. The molecule has 146 valence electrons. The van der Waals surface area contributed by atoms with E-state index in [1.807, 2.05) is 57.2 Å². The third-order valence-corrected chi connectivity index (χ3v) is 5.55. The fourth-order valence-corrected chi connectivity index (χ4v) is 3.81. The number of rotatable bonds is 6. The molecule has 1 atom stereocenters. The molecule has 1 amide bonds. The largest absolute Gasteiger partial charge is 0.325 e. The maximum Gasteiger partial charge on any atom is 0.237 e. The van der Waals surface area contributed by atoms with Crippen molar-refractivity contribution in [3.63, 3.8) is 0 Å². The number of carbonyl (C=O) groups is 1. The molecule has 1 unspecified atom stereocenters. The lowest BCUT2D eigenvalue weighted by Gasteiger charge is -2.16. The van der Waals surface area contributed by atoms with E-state index in [9.17, 15) is 4.79 Å². The van der Waals surface area contributed by atoms with E-state index in [2.05, 4.69) is 40.8 Å². The highest BCUT2D eigenvalue weighted by molar-refractivity contribution is 8.00. The zero-order valence-electron chi connectivity index (χ0n) is 16.8. The summed E-state index contributed by atoms with van der Waals surface area (Å²) in [5.41, 5.74) is 5.14. The standard InChI is InChI=1S/C21H25N5OS/c1-13(2)17-8-6-7-9-18(17)22-20(27)16(5)28-21-23-24-25-26(21)19-11-10-14(3)12-15(19)4/h6-13,16H,1-5H3,(H,22,27). The van der Waals surface area contributed by atoms with Gasteiger partial charge in [-0.05, 0) is 60.4 Å². The molecular formula is C21H25N5OS. The van der Waals surface area contributed by atoms with Crippen molar-refractivity contribution in [3.8, 4) is 5.69 Å². The Kier molecular flexibility index (Phi) is 6.14. The zero-order chi connectivity index (χ0) is 20.3. The van der Waals surface area contributed by atoms with Crippen LogP contribution in [0.2, 0.25) is 0 Å². The Bertz CT molecular complexity index is 982. The van der Waals surface area contributed by atoms with Gasteiger partial charge < -0.3 is 5.32 Å². The highest BCUT2D eigenvalue weighted by atomic mass is 32.2. The van der Waals surface area contributed by atoms with Gasteiger partial charge >= 0.3 is 0 Å². The van der Waals surface area contributed by atoms with Gasteiger partial charge in [0.1, 0.15) is 0 Å². The number of amides is 1. The van der Waals surface area contributed by atoms with Crippen molar-refractivity contribution in [1.29, 1.82) is 0 Å². The Labute approximate surface area is 169 Å². The smallest absolute Gasteiger partial charge is 0.237 e. The lowest BCUT2D eigenvalue weighted by atomic mass is 10.0. The van der Waals surface area contributed by atoms with Gasteiger partial charge in [-0.1, -0.05) is 61.5 Å². The molecule has 6 nitrogen and oxygen atoms in total. The van der Waals surface area contributed by atoms with Crippen molar-refractivity contribution < 1.29 is 4.79 Å². The van der Waals surface area contributed by atoms with E-state index in [1.54, 1.807) is 4.68 Å². The van der Waals surface area contributed by atoms with Crippen LogP contribution >= 0.6 is 11.8 Å². The zero-order valence-corrected chi connectivity index (χ0v) is 17.6. The summed E-state index contributed by atoms with van der Waals surface area (Å²) in [4.78, 5) is 12.8. The molecule has 0 aliphatic carbocycles. The molecule has 3 rings (SSSR count). The molecule has 1 N–H and O–H groups in total. The normalized spacial score (nSPS) is 12.2. The fourth-order valence-electron chi connectivity index (χ4n) is 3.01. The number of hydrogen-bond acceptors (Lipinski definition) is 5. The molecule has 0 saturated carbocycles. The lowest BCUT2D eigenvalue weighted by Crippen LogP contribution is -2.23. The minimum absolute atomic E-state index is 0.0757. The number of nitrogens with one attached hydrogen (secondary N) is 1. The second-order valence-corrected chi connectivity index (χ2v) is 8.46. The average molecular weight is 396 g/mol. The molecule has 3 aromatic rings. The highest BCUT2D eigenvalue weighted by Gasteiger charge is 2.21. The first kappa shape index (κ1) is 20.1. The number of nitrogens with zero attached hydrogens (tertiary/aromatic N) is 4. The van der Waals surface area contributed by atoms with Gasteiger partial charge in [0.15, 0.2) is 0 Å².